The first kappa shape index (κ1) is 43.2. The van der Waals surface area contributed by atoms with Crippen molar-refractivity contribution in [1.82, 2.24) is 10.2 Å². The molecule has 0 radical (unpaired) electrons. The number of cyclic esters (lactones) is 1. The summed E-state index contributed by atoms with van der Waals surface area (Å²) in [5.41, 5.74) is -0.231. The molecular weight excluding hydrogens is 676 g/mol. The van der Waals surface area contributed by atoms with Gasteiger partial charge in [0.15, 0.2) is 12.1 Å². The van der Waals surface area contributed by atoms with E-state index < -0.39 is 77.1 Å². The van der Waals surface area contributed by atoms with Gasteiger partial charge in [0.1, 0.15) is 29.5 Å². The van der Waals surface area contributed by atoms with Crippen LogP contribution in [0, 0.1) is 29.6 Å². The lowest BCUT2D eigenvalue weighted by atomic mass is 9.69. The van der Waals surface area contributed by atoms with Crippen LogP contribution in [0.1, 0.15) is 80.2 Å². The standard InChI is InChI=1S/C42H66N2O9/c1-12-33-42(9)34(26(3)24-50-42)28(5)35(45)25(2)23-41(8,49-21-20-43-19-18-31-16-14-13-15-17-31)38(29(6)36(46)30(7)39(48)52-33)53-40-37(47)32(44(10)11)22-27(4)51-40/h13-17,25,27-30,32-34,37-38,40,43,47H,3,12,18-24H2,1-2,4-11H3/t25?,27-,28?,29-,30+,32?,33?,34?,37-,38+,40+,41?,42+/m0/s1. The summed E-state index contributed by atoms with van der Waals surface area (Å²) in [6.07, 6.45) is -1.98. The van der Waals surface area contributed by atoms with E-state index in [-0.39, 0.29) is 37.6 Å². The number of rotatable bonds is 11. The van der Waals surface area contributed by atoms with Crippen LogP contribution >= 0.6 is 0 Å². The van der Waals surface area contributed by atoms with Crippen LogP contribution in [0.5, 0.6) is 0 Å². The second-order valence-electron chi connectivity index (χ2n) is 16.4. The van der Waals surface area contributed by atoms with Gasteiger partial charge in [0.25, 0.3) is 0 Å². The molecule has 3 fully saturated rings. The van der Waals surface area contributed by atoms with Gasteiger partial charge in [-0.1, -0.05) is 64.6 Å². The fraction of sp³-hybridized carbons (Fsp3) is 0.738. The van der Waals surface area contributed by atoms with Crippen molar-refractivity contribution >= 4 is 17.5 Å². The highest BCUT2D eigenvalue weighted by atomic mass is 16.7. The Hall–Kier alpha value is -2.51. The highest BCUT2D eigenvalue weighted by Gasteiger charge is 2.55. The number of nitrogens with one attached hydrogen (secondary N) is 1. The number of ether oxygens (including phenoxy) is 5. The predicted molar refractivity (Wildman–Crippen MR) is 203 cm³/mol. The molecular formula is C42H66N2O9. The minimum absolute atomic E-state index is 0.0109. The first-order valence-corrected chi connectivity index (χ1v) is 19.6. The van der Waals surface area contributed by atoms with E-state index in [2.05, 4.69) is 24.0 Å². The number of Topliss-reactive ketones (excluding diaryl/α,β-unsaturated/α-hetero) is 2. The van der Waals surface area contributed by atoms with Crippen LogP contribution in [0.3, 0.4) is 0 Å². The van der Waals surface area contributed by atoms with Crippen LogP contribution in [0.15, 0.2) is 42.5 Å². The lowest BCUT2D eigenvalue weighted by Gasteiger charge is -2.47. The minimum Gasteiger partial charge on any atom is -0.459 e. The van der Waals surface area contributed by atoms with Gasteiger partial charge in [-0.25, -0.2) is 0 Å². The molecule has 11 heteroatoms. The number of carbonyl (C=O) groups excluding carboxylic acids is 3. The molecule has 0 bridgehead atoms. The molecule has 11 nitrogen and oxygen atoms in total. The number of fused-ring (bicyclic) bond motifs is 1. The zero-order valence-corrected chi connectivity index (χ0v) is 33.8. The van der Waals surface area contributed by atoms with Gasteiger partial charge in [0.2, 0.25) is 0 Å². The van der Waals surface area contributed by atoms with Crippen LogP contribution in [-0.4, -0.2) is 116 Å². The molecule has 3 heterocycles. The Bertz CT molecular complexity index is 1410. The molecule has 0 spiro atoms. The number of aliphatic hydroxyl groups is 1. The fourth-order valence-electron chi connectivity index (χ4n) is 9.01. The quantitative estimate of drug-likeness (QED) is 0.141. The summed E-state index contributed by atoms with van der Waals surface area (Å²) in [5.74, 6) is -4.56. The van der Waals surface area contributed by atoms with Crippen molar-refractivity contribution in [2.24, 2.45) is 29.6 Å². The van der Waals surface area contributed by atoms with Crippen molar-refractivity contribution < 1.29 is 43.2 Å². The van der Waals surface area contributed by atoms with Gasteiger partial charge in [-0.3, -0.25) is 14.4 Å². The Morgan fingerprint density at radius 2 is 1.68 bits per heavy atom. The van der Waals surface area contributed by atoms with E-state index in [9.17, 15) is 19.5 Å². The lowest BCUT2D eigenvalue weighted by Crippen LogP contribution is -2.59. The highest BCUT2D eigenvalue weighted by Crippen LogP contribution is 2.46. The molecule has 1 aromatic carbocycles. The number of esters is 1. The molecule has 3 aliphatic rings. The summed E-state index contributed by atoms with van der Waals surface area (Å²) < 4.78 is 32.2. The van der Waals surface area contributed by atoms with E-state index in [1.54, 1.807) is 13.8 Å². The van der Waals surface area contributed by atoms with Crippen molar-refractivity contribution in [1.29, 1.82) is 0 Å². The largest absolute Gasteiger partial charge is 0.459 e. The summed E-state index contributed by atoms with van der Waals surface area (Å²) in [7, 11) is 3.80. The zero-order chi connectivity index (χ0) is 39.2. The molecule has 0 amide bonds. The fourth-order valence-corrected chi connectivity index (χ4v) is 9.01. The number of benzene rings is 1. The van der Waals surface area contributed by atoms with Gasteiger partial charge < -0.3 is 39.0 Å². The molecule has 1 aromatic rings. The second-order valence-corrected chi connectivity index (χ2v) is 16.4. The maximum Gasteiger partial charge on any atom is 0.316 e. The summed E-state index contributed by atoms with van der Waals surface area (Å²) in [6, 6.07) is 9.96. The summed E-state index contributed by atoms with van der Waals surface area (Å²) in [6.45, 7) is 20.7. The maximum absolute atomic E-state index is 14.5. The van der Waals surface area contributed by atoms with E-state index in [1.165, 1.54) is 5.56 Å². The van der Waals surface area contributed by atoms with Crippen molar-refractivity contribution in [3.8, 4) is 0 Å². The Morgan fingerprint density at radius 3 is 2.32 bits per heavy atom. The Labute approximate surface area is 317 Å². The van der Waals surface area contributed by atoms with Crippen LogP contribution in [-0.2, 0) is 44.5 Å². The van der Waals surface area contributed by atoms with Gasteiger partial charge in [-0.2, -0.15) is 0 Å². The lowest BCUT2D eigenvalue weighted by molar-refractivity contribution is -0.297. The molecule has 0 saturated carbocycles. The summed E-state index contributed by atoms with van der Waals surface area (Å²) in [4.78, 5) is 44.7. The molecule has 13 atom stereocenters. The smallest absolute Gasteiger partial charge is 0.316 e. The van der Waals surface area contributed by atoms with E-state index in [0.29, 0.717) is 19.4 Å². The van der Waals surface area contributed by atoms with Crippen LogP contribution < -0.4 is 5.32 Å². The van der Waals surface area contributed by atoms with Gasteiger partial charge in [-0.15, -0.1) is 0 Å². The Balaban J connectivity index is 1.72. The molecule has 6 unspecified atom stereocenters. The number of nitrogens with zero attached hydrogens (tertiary/aromatic N) is 1. The molecule has 2 N–H and O–H groups in total. The topological polar surface area (TPSA) is 133 Å². The highest BCUT2D eigenvalue weighted by molar-refractivity contribution is 6.00. The molecule has 0 aliphatic carbocycles. The number of hydrogen-bond acceptors (Lipinski definition) is 11. The first-order chi connectivity index (χ1) is 24.9. The zero-order valence-electron chi connectivity index (χ0n) is 33.8. The van der Waals surface area contributed by atoms with E-state index in [4.69, 9.17) is 23.7 Å². The molecule has 4 rings (SSSR count). The number of carbonyl (C=O) groups is 3. The number of likely N-dealkylation sites (N-methyl/N-ethyl adjacent to an activating group) is 1. The van der Waals surface area contributed by atoms with Gasteiger partial charge in [0, 0.05) is 36.3 Å². The SMILES string of the molecule is C=C1CO[C@]2(C)C(CC)OC(=O)[C@H](C)C(=O)[C@H](C)[C@@H](O[C@H]3O[C@@H](C)CC(N(C)C)[C@@H]3O)C(C)(OCCNCCc3ccccc3)CC(C)C(=O)C(C)C12. The third kappa shape index (κ3) is 9.84. The third-order valence-corrected chi connectivity index (χ3v) is 12.0. The molecule has 3 saturated heterocycles. The normalized spacial score (nSPS) is 39.1. The van der Waals surface area contributed by atoms with E-state index >= 15 is 0 Å². The minimum atomic E-state index is -1.23. The first-order valence-electron chi connectivity index (χ1n) is 19.6. The number of aliphatic hydroxyl groups excluding tert-OH is 1. The van der Waals surface area contributed by atoms with Crippen LogP contribution in [0.2, 0.25) is 0 Å². The predicted octanol–water partition coefficient (Wildman–Crippen LogP) is 4.77. The van der Waals surface area contributed by atoms with Crippen molar-refractivity contribution in [2.45, 2.75) is 129 Å². The molecule has 53 heavy (non-hydrogen) atoms. The molecule has 298 valence electrons. The van der Waals surface area contributed by atoms with Crippen molar-refractivity contribution in [3.63, 3.8) is 0 Å². The molecule has 3 aliphatic heterocycles. The average Bonchev–Trinajstić information content (AvgIpc) is 3.44. The number of ketones is 2. The average molecular weight is 743 g/mol. The van der Waals surface area contributed by atoms with Gasteiger partial charge in [-0.05, 0) is 85.2 Å². The van der Waals surface area contributed by atoms with Crippen molar-refractivity contribution in [2.75, 3.05) is 40.4 Å². The Morgan fingerprint density at radius 1 is 1.00 bits per heavy atom. The van der Waals surface area contributed by atoms with Gasteiger partial charge >= 0.3 is 5.97 Å². The monoisotopic (exact) mass is 742 g/mol. The van der Waals surface area contributed by atoms with Crippen LogP contribution in [0.25, 0.3) is 0 Å². The van der Waals surface area contributed by atoms with Crippen molar-refractivity contribution in [3.05, 3.63) is 48.0 Å². The number of hydrogen-bond donors (Lipinski definition) is 2. The third-order valence-electron chi connectivity index (χ3n) is 12.0. The maximum atomic E-state index is 14.5. The molecule has 0 aromatic heterocycles. The van der Waals surface area contributed by atoms with Crippen LogP contribution in [0.4, 0.5) is 0 Å². The summed E-state index contributed by atoms with van der Waals surface area (Å²) in [5, 5.41) is 15.0. The van der Waals surface area contributed by atoms with E-state index in [0.717, 1.165) is 18.5 Å². The Kier molecular flexibility index (Phi) is 15.0. The van der Waals surface area contributed by atoms with E-state index in [1.807, 2.05) is 78.7 Å². The van der Waals surface area contributed by atoms with Gasteiger partial charge in [0.05, 0.1) is 31.0 Å². The second kappa shape index (κ2) is 18.4. The summed E-state index contributed by atoms with van der Waals surface area (Å²) >= 11 is 0.